The van der Waals surface area contributed by atoms with Crippen LogP contribution in [0, 0.1) is 5.92 Å². The average Bonchev–Trinajstić information content (AvgIpc) is 3.44. The van der Waals surface area contributed by atoms with Gasteiger partial charge in [-0.15, -0.1) is 0 Å². The van der Waals surface area contributed by atoms with Crippen LogP contribution in [-0.2, 0) is 34.2 Å². The zero-order valence-electron chi connectivity index (χ0n) is 29.5. The van der Waals surface area contributed by atoms with Gasteiger partial charge in [0.1, 0.15) is 17.8 Å². The van der Waals surface area contributed by atoms with E-state index in [2.05, 4.69) is 81.8 Å². The van der Waals surface area contributed by atoms with E-state index in [9.17, 15) is 14.4 Å². The van der Waals surface area contributed by atoms with E-state index in [1.54, 1.807) is 0 Å². The third-order valence-electron chi connectivity index (χ3n) is 10.2. The topological polar surface area (TPSA) is 126 Å². The van der Waals surface area contributed by atoms with Crippen molar-refractivity contribution in [2.24, 2.45) is 5.92 Å². The molecule has 0 radical (unpaired) electrons. The molecule has 1 aliphatic carbocycles. The first kappa shape index (κ1) is 39.0. The number of allylic oxidation sites excluding steroid dienone is 2. The van der Waals surface area contributed by atoms with Gasteiger partial charge in [0.2, 0.25) is 0 Å². The third kappa shape index (κ3) is 10.4. The Bertz CT molecular complexity index is 1540. The predicted octanol–water partition coefficient (Wildman–Crippen LogP) is 7.58. The SMILES string of the molecule is C=C1C(=O)OC2C1CCC(C)=CCCC1(C)OC21.CN1CCCC1CCOC(C)(c1ccccc1)c1ccc(Cl)cc1.O=C(O)C=CC(=O)O. The van der Waals surface area contributed by atoms with Crippen LogP contribution in [0.4, 0.5) is 0 Å². The number of carboxylic acid groups (broad SMARTS) is 2. The van der Waals surface area contributed by atoms with Gasteiger partial charge in [-0.2, -0.15) is 0 Å². The van der Waals surface area contributed by atoms with E-state index in [1.165, 1.54) is 30.5 Å². The van der Waals surface area contributed by atoms with Crippen LogP contribution in [0.3, 0.4) is 0 Å². The molecule has 4 aliphatic rings. The van der Waals surface area contributed by atoms with Gasteiger partial charge in [0.15, 0.2) is 0 Å². The number of ether oxygens (including phenoxy) is 3. The van der Waals surface area contributed by atoms with Crippen molar-refractivity contribution < 1.29 is 38.8 Å². The van der Waals surface area contributed by atoms with Crippen molar-refractivity contribution in [3.8, 4) is 0 Å². The fourth-order valence-corrected chi connectivity index (χ4v) is 7.07. The van der Waals surface area contributed by atoms with Crippen LogP contribution in [0.25, 0.3) is 0 Å². The van der Waals surface area contributed by atoms with Crippen molar-refractivity contribution in [2.75, 3.05) is 20.2 Å². The van der Waals surface area contributed by atoms with Crippen LogP contribution in [-0.4, -0.2) is 77.1 Å². The number of rotatable bonds is 8. The maximum absolute atomic E-state index is 11.7. The summed E-state index contributed by atoms with van der Waals surface area (Å²) in [6.45, 7) is 12.3. The first-order chi connectivity index (χ1) is 23.7. The minimum atomic E-state index is -1.26. The number of hydrogen-bond acceptors (Lipinski definition) is 7. The van der Waals surface area contributed by atoms with Crippen molar-refractivity contribution in [3.63, 3.8) is 0 Å². The lowest BCUT2D eigenvalue weighted by Crippen LogP contribution is -2.31. The molecule has 0 bridgehead atoms. The Morgan fingerprint density at radius 2 is 1.72 bits per heavy atom. The molecule has 270 valence electrons. The number of likely N-dealkylation sites (tertiary alicyclic amines) is 1. The number of carbonyl (C=O) groups is 3. The summed E-state index contributed by atoms with van der Waals surface area (Å²) in [7, 11) is 2.22. The van der Waals surface area contributed by atoms with Gasteiger partial charge in [0.25, 0.3) is 0 Å². The van der Waals surface area contributed by atoms with Crippen LogP contribution in [0.2, 0.25) is 5.02 Å². The molecule has 3 fully saturated rings. The maximum atomic E-state index is 11.7. The lowest BCUT2D eigenvalue weighted by Gasteiger charge is -2.32. The first-order valence-electron chi connectivity index (χ1n) is 17.3. The lowest BCUT2D eigenvalue weighted by atomic mass is 9.84. The Morgan fingerprint density at radius 1 is 1.08 bits per heavy atom. The highest BCUT2D eigenvalue weighted by Gasteiger charge is 2.61. The van der Waals surface area contributed by atoms with Gasteiger partial charge in [0.05, 0.1) is 5.60 Å². The van der Waals surface area contributed by atoms with Crippen molar-refractivity contribution in [3.05, 3.63) is 107 Å². The molecule has 6 unspecified atom stereocenters. The molecule has 0 amide bonds. The smallest absolute Gasteiger partial charge is 0.334 e. The normalized spacial score (nSPS) is 27.3. The summed E-state index contributed by atoms with van der Waals surface area (Å²) in [4.78, 5) is 33.3. The Labute approximate surface area is 300 Å². The lowest BCUT2D eigenvalue weighted by molar-refractivity contribution is -0.140. The molecular weight excluding hydrogens is 658 g/mol. The highest BCUT2D eigenvalue weighted by Crippen LogP contribution is 2.49. The van der Waals surface area contributed by atoms with Crippen LogP contribution >= 0.6 is 11.6 Å². The van der Waals surface area contributed by atoms with Crippen LogP contribution in [0.1, 0.15) is 76.8 Å². The average molecular weight is 708 g/mol. The standard InChI is InChI=1S/C21H26ClNO.C15H20O3.C4H4O4/c1-21(17-7-4-3-5-8-17,18-10-12-19(22)13-11-18)24-16-14-20-9-6-15-23(20)2;1-9-5-4-8-15(3)13(18-15)12-11(7-6-9)10(2)14(16)17-12;5-3(6)1-2-4(7)8/h3-5,7-8,10-13,20H,6,9,14-16H2,1-2H3;5,11-13H,2,4,6-8H2,1,3H3;1-2H,(H,5,6)(H,7,8). The van der Waals surface area contributed by atoms with E-state index in [-0.39, 0.29) is 29.7 Å². The third-order valence-corrected chi connectivity index (χ3v) is 10.4. The number of fused-ring (bicyclic) bond motifs is 3. The first-order valence-corrected chi connectivity index (χ1v) is 17.6. The summed E-state index contributed by atoms with van der Waals surface area (Å²) in [6.07, 6.45) is 11.0. The van der Waals surface area contributed by atoms with Crippen LogP contribution in [0.15, 0.2) is 90.6 Å². The largest absolute Gasteiger partial charge is 0.478 e. The van der Waals surface area contributed by atoms with E-state index in [0.717, 1.165) is 49.3 Å². The number of esters is 1. The van der Waals surface area contributed by atoms with Crippen LogP contribution in [0.5, 0.6) is 0 Å². The molecule has 2 aromatic rings. The molecule has 6 atom stereocenters. The number of epoxide rings is 1. The summed E-state index contributed by atoms with van der Waals surface area (Å²) in [6, 6.07) is 19.1. The van der Waals surface area contributed by atoms with Gasteiger partial charge in [-0.3, -0.25) is 0 Å². The summed E-state index contributed by atoms with van der Waals surface area (Å²) in [5.74, 6) is -2.62. The Balaban J connectivity index is 0.000000190. The number of nitrogens with zero attached hydrogens (tertiary/aromatic N) is 1. The summed E-state index contributed by atoms with van der Waals surface area (Å²) < 4.78 is 17.8. The second kappa shape index (κ2) is 17.4. The highest BCUT2D eigenvalue weighted by molar-refractivity contribution is 6.30. The molecule has 6 rings (SSSR count). The summed E-state index contributed by atoms with van der Waals surface area (Å²) in [5, 5.41) is 16.4. The molecule has 10 heteroatoms. The second-order valence-corrected chi connectivity index (χ2v) is 14.2. The van der Waals surface area contributed by atoms with Gasteiger partial charge in [0, 0.05) is 41.3 Å². The molecule has 0 saturated carbocycles. The number of benzene rings is 2. The highest BCUT2D eigenvalue weighted by atomic mass is 35.5. The molecule has 9 nitrogen and oxygen atoms in total. The van der Waals surface area contributed by atoms with Crippen molar-refractivity contribution in [1.29, 1.82) is 0 Å². The molecular formula is C40H50ClNO8. The van der Waals surface area contributed by atoms with Crippen molar-refractivity contribution >= 4 is 29.5 Å². The molecule has 2 aromatic carbocycles. The van der Waals surface area contributed by atoms with Crippen molar-refractivity contribution in [2.45, 2.75) is 95.2 Å². The Hall–Kier alpha value is -3.76. The van der Waals surface area contributed by atoms with E-state index >= 15 is 0 Å². The van der Waals surface area contributed by atoms with E-state index in [4.69, 9.17) is 36.0 Å². The number of hydrogen-bond donors (Lipinski definition) is 2. The van der Waals surface area contributed by atoms with Crippen LogP contribution < -0.4 is 0 Å². The van der Waals surface area contributed by atoms with E-state index in [1.807, 2.05) is 18.2 Å². The molecule has 3 saturated heterocycles. The number of halogens is 1. The van der Waals surface area contributed by atoms with Crippen molar-refractivity contribution in [1.82, 2.24) is 4.90 Å². The van der Waals surface area contributed by atoms with Gasteiger partial charge < -0.3 is 29.3 Å². The fraction of sp³-hybridized carbons (Fsp3) is 0.475. The monoisotopic (exact) mass is 707 g/mol. The summed E-state index contributed by atoms with van der Waals surface area (Å²) in [5.41, 5.74) is 3.77. The minimum absolute atomic E-state index is 0.0671. The predicted molar refractivity (Wildman–Crippen MR) is 193 cm³/mol. The Morgan fingerprint density at radius 3 is 2.32 bits per heavy atom. The zero-order valence-corrected chi connectivity index (χ0v) is 30.2. The second-order valence-electron chi connectivity index (χ2n) is 13.8. The van der Waals surface area contributed by atoms with Gasteiger partial charge in [-0.25, -0.2) is 14.4 Å². The molecule has 2 N–H and O–H groups in total. The minimum Gasteiger partial charge on any atom is -0.478 e. The zero-order chi connectivity index (χ0) is 36.5. The molecule has 3 aliphatic heterocycles. The quantitative estimate of drug-likeness (QED) is 0.124. The molecule has 3 heterocycles. The van der Waals surface area contributed by atoms with Gasteiger partial charge >= 0.3 is 17.9 Å². The maximum Gasteiger partial charge on any atom is 0.334 e. The van der Waals surface area contributed by atoms with E-state index in [0.29, 0.717) is 23.8 Å². The number of carbonyl (C=O) groups excluding carboxylic acids is 1. The molecule has 50 heavy (non-hydrogen) atoms. The fourth-order valence-electron chi connectivity index (χ4n) is 6.95. The molecule has 0 aromatic heterocycles. The summed E-state index contributed by atoms with van der Waals surface area (Å²) >= 11 is 6.07. The van der Waals surface area contributed by atoms with E-state index < -0.39 is 17.5 Å². The van der Waals surface area contributed by atoms with Gasteiger partial charge in [-0.1, -0.05) is 72.3 Å². The Kier molecular flexibility index (Phi) is 13.6. The number of carboxylic acids is 2. The number of aliphatic carboxylic acids is 2. The van der Waals surface area contributed by atoms with Gasteiger partial charge in [-0.05, 0) is 103 Å². The molecule has 0 spiro atoms.